The van der Waals surface area contributed by atoms with Gasteiger partial charge in [-0.2, -0.15) is 0 Å². The van der Waals surface area contributed by atoms with Crippen molar-refractivity contribution in [3.8, 4) is 0 Å². The summed E-state index contributed by atoms with van der Waals surface area (Å²) >= 11 is 3.34. The van der Waals surface area contributed by atoms with Crippen molar-refractivity contribution in [2.24, 2.45) is 0 Å². The van der Waals surface area contributed by atoms with Crippen LogP contribution in [0.2, 0.25) is 0 Å². The van der Waals surface area contributed by atoms with Crippen molar-refractivity contribution in [3.63, 3.8) is 0 Å². The van der Waals surface area contributed by atoms with E-state index >= 15 is 0 Å². The summed E-state index contributed by atoms with van der Waals surface area (Å²) < 4.78 is 12.9. The highest BCUT2D eigenvalue weighted by Gasteiger charge is 2.01. The summed E-state index contributed by atoms with van der Waals surface area (Å²) in [4.78, 5) is 0. The molecule has 1 aromatic carbocycles. The van der Waals surface area contributed by atoms with Crippen molar-refractivity contribution in [2.45, 2.75) is 19.2 Å². The Hall–Kier alpha value is -0.370. The van der Waals surface area contributed by atoms with Gasteiger partial charge in [-0.05, 0) is 36.6 Å². The van der Waals surface area contributed by atoms with E-state index in [1.807, 2.05) is 13.0 Å². The number of rotatable bonds is 1. The molecule has 11 heavy (non-hydrogen) atoms. The monoisotopic (exact) mass is 216 g/mol. The number of halogens is 2. The Morgan fingerprint density at radius 3 is 2.45 bits per heavy atom. The maximum Gasteiger partial charge on any atom is 0.126 e. The van der Waals surface area contributed by atoms with E-state index in [0.717, 1.165) is 16.5 Å². The van der Waals surface area contributed by atoms with E-state index in [1.165, 1.54) is 0 Å². The van der Waals surface area contributed by atoms with Crippen LogP contribution in [-0.4, -0.2) is 0 Å². The van der Waals surface area contributed by atoms with Crippen LogP contribution in [0.1, 0.15) is 16.7 Å². The smallest absolute Gasteiger partial charge is 0.126 e. The molecule has 0 unspecified atom stereocenters. The Kier molecular flexibility index (Phi) is 2.66. The van der Waals surface area contributed by atoms with Gasteiger partial charge in [0.05, 0.1) is 0 Å². The van der Waals surface area contributed by atoms with Crippen LogP contribution in [0.15, 0.2) is 12.1 Å². The van der Waals surface area contributed by atoms with E-state index in [1.54, 1.807) is 13.0 Å². The summed E-state index contributed by atoms with van der Waals surface area (Å²) in [5, 5.41) is 0.792. The zero-order chi connectivity index (χ0) is 8.43. The van der Waals surface area contributed by atoms with Crippen LogP contribution in [0.4, 0.5) is 4.39 Å². The normalized spacial score (nSPS) is 10.2. The van der Waals surface area contributed by atoms with Crippen molar-refractivity contribution in [1.29, 1.82) is 0 Å². The maximum atomic E-state index is 12.9. The van der Waals surface area contributed by atoms with Gasteiger partial charge in [0, 0.05) is 5.33 Å². The molecule has 0 aliphatic carbocycles. The molecule has 0 nitrogen and oxygen atoms in total. The highest BCUT2D eigenvalue weighted by atomic mass is 79.9. The molecule has 0 saturated carbocycles. The highest BCUT2D eigenvalue weighted by Crippen LogP contribution is 2.16. The number of hydrogen-bond donors (Lipinski definition) is 0. The van der Waals surface area contributed by atoms with Crippen molar-refractivity contribution in [1.82, 2.24) is 0 Å². The molecule has 0 heterocycles. The molecule has 0 aliphatic heterocycles. The van der Waals surface area contributed by atoms with Gasteiger partial charge in [-0.3, -0.25) is 0 Å². The van der Waals surface area contributed by atoms with Crippen molar-refractivity contribution < 1.29 is 4.39 Å². The van der Waals surface area contributed by atoms with E-state index in [2.05, 4.69) is 15.9 Å². The summed E-state index contributed by atoms with van der Waals surface area (Å²) in [6.45, 7) is 3.69. The van der Waals surface area contributed by atoms with Crippen LogP contribution < -0.4 is 0 Å². The lowest BCUT2D eigenvalue weighted by molar-refractivity contribution is 0.616. The molecule has 0 aliphatic rings. The predicted molar refractivity (Wildman–Crippen MR) is 48.5 cm³/mol. The van der Waals surface area contributed by atoms with E-state index in [9.17, 15) is 4.39 Å². The quantitative estimate of drug-likeness (QED) is 0.633. The van der Waals surface area contributed by atoms with Crippen LogP contribution in [-0.2, 0) is 5.33 Å². The van der Waals surface area contributed by atoms with Gasteiger partial charge in [0.25, 0.3) is 0 Å². The van der Waals surface area contributed by atoms with E-state index in [4.69, 9.17) is 0 Å². The minimum absolute atomic E-state index is 0.118. The fourth-order valence-corrected chi connectivity index (χ4v) is 1.59. The summed E-state index contributed by atoms with van der Waals surface area (Å²) in [5.74, 6) is -0.118. The van der Waals surface area contributed by atoms with Crippen LogP contribution >= 0.6 is 15.9 Å². The fourth-order valence-electron chi connectivity index (χ4n) is 0.985. The summed E-state index contributed by atoms with van der Waals surface area (Å²) in [6, 6.07) is 3.45. The van der Waals surface area contributed by atoms with Gasteiger partial charge in [0.15, 0.2) is 0 Å². The average Bonchev–Trinajstić information content (AvgIpc) is 1.97. The Bertz CT molecular complexity index is 269. The first-order chi connectivity index (χ1) is 5.15. The zero-order valence-corrected chi connectivity index (χ0v) is 8.20. The summed E-state index contributed by atoms with van der Waals surface area (Å²) in [5.41, 5.74) is 2.87. The molecule has 0 bridgehead atoms. The lowest BCUT2D eigenvalue weighted by atomic mass is 10.1. The highest BCUT2D eigenvalue weighted by molar-refractivity contribution is 9.08. The third-order valence-corrected chi connectivity index (χ3v) is 2.37. The standard InChI is InChI=1S/C9H10BrF/c1-6-4-9(11)7(2)3-8(6)5-10/h3-4H,5H2,1-2H3. The Balaban J connectivity index is 3.21. The van der Waals surface area contributed by atoms with Crippen molar-refractivity contribution >= 4 is 15.9 Å². The fraction of sp³-hybridized carbons (Fsp3) is 0.333. The maximum absolute atomic E-state index is 12.9. The SMILES string of the molecule is Cc1cc(CBr)c(C)cc1F. The lowest BCUT2D eigenvalue weighted by Crippen LogP contribution is -1.89. The summed E-state index contributed by atoms with van der Waals surface area (Å²) in [6.07, 6.45) is 0. The predicted octanol–water partition coefficient (Wildman–Crippen LogP) is 3.34. The van der Waals surface area contributed by atoms with Crippen LogP contribution in [0.3, 0.4) is 0 Å². The van der Waals surface area contributed by atoms with Crippen molar-refractivity contribution in [3.05, 3.63) is 34.6 Å². The molecule has 0 saturated heterocycles. The van der Waals surface area contributed by atoms with Gasteiger partial charge in [-0.1, -0.05) is 22.0 Å². The van der Waals surface area contributed by atoms with E-state index < -0.39 is 0 Å². The van der Waals surface area contributed by atoms with Gasteiger partial charge in [0.1, 0.15) is 5.82 Å². The first-order valence-corrected chi connectivity index (χ1v) is 4.59. The van der Waals surface area contributed by atoms with E-state index in [0.29, 0.717) is 5.56 Å². The van der Waals surface area contributed by atoms with Gasteiger partial charge in [0.2, 0.25) is 0 Å². The van der Waals surface area contributed by atoms with Gasteiger partial charge in [-0.25, -0.2) is 4.39 Å². The van der Waals surface area contributed by atoms with Crippen LogP contribution in [0, 0.1) is 19.7 Å². The number of hydrogen-bond acceptors (Lipinski definition) is 0. The molecule has 2 heteroatoms. The van der Waals surface area contributed by atoms with Gasteiger partial charge in [-0.15, -0.1) is 0 Å². The third kappa shape index (κ3) is 1.80. The Morgan fingerprint density at radius 2 is 1.91 bits per heavy atom. The molecule has 0 N–H and O–H groups in total. The summed E-state index contributed by atoms with van der Waals surface area (Å²) in [7, 11) is 0. The molecule has 1 aromatic rings. The zero-order valence-electron chi connectivity index (χ0n) is 6.62. The molecule has 1 rings (SSSR count). The van der Waals surface area contributed by atoms with Crippen LogP contribution in [0.25, 0.3) is 0 Å². The first-order valence-electron chi connectivity index (χ1n) is 3.46. The molecular weight excluding hydrogens is 207 g/mol. The van der Waals surface area contributed by atoms with E-state index in [-0.39, 0.29) is 5.82 Å². The minimum Gasteiger partial charge on any atom is -0.207 e. The molecule has 0 fully saturated rings. The number of aryl methyl sites for hydroxylation is 2. The first kappa shape index (κ1) is 8.72. The minimum atomic E-state index is -0.118. The van der Waals surface area contributed by atoms with Gasteiger partial charge < -0.3 is 0 Å². The molecular formula is C9H10BrF. The lowest BCUT2D eigenvalue weighted by Gasteiger charge is -2.03. The molecule has 0 amide bonds. The second-order valence-corrected chi connectivity index (χ2v) is 3.22. The van der Waals surface area contributed by atoms with Gasteiger partial charge >= 0.3 is 0 Å². The largest absolute Gasteiger partial charge is 0.207 e. The topological polar surface area (TPSA) is 0 Å². The number of alkyl halides is 1. The average molecular weight is 217 g/mol. The molecule has 0 spiro atoms. The molecule has 0 radical (unpaired) electrons. The Labute approximate surface area is 74.6 Å². The third-order valence-electron chi connectivity index (χ3n) is 1.76. The van der Waals surface area contributed by atoms with Crippen LogP contribution in [0.5, 0.6) is 0 Å². The molecule has 60 valence electrons. The Morgan fingerprint density at radius 1 is 1.27 bits per heavy atom. The second-order valence-electron chi connectivity index (χ2n) is 2.66. The molecule has 0 aromatic heterocycles. The number of benzene rings is 1. The second kappa shape index (κ2) is 3.35. The molecule has 0 atom stereocenters. The van der Waals surface area contributed by atoms with Crippen molar-refractivity contribution in [2.75, 3.05) is 0 Å².